The molecule has 0 bridgehead atoms. The molecule has 5 heteroatoms. The third-order valence-electron chi connectivity index (χ3n) is 3.07. The van der Waals surface area contributed by atoms with Gasteiger partial charge in [0, 0.05) is 13.6 Å². The van der Waals surface area contributed by atoms with Gasteiger partial charge in [-0.1, -0.05) is 42.5 Å². The van der Waals surface area contributed by atoms with E-state index in [2.05, 4.69) is 0 Å². The SMILES string of the molecule is CN(Cc1ccccc1)C(=O)c1ccccc1C(F)(F)F. The lowest BCUT2D eigenvalue weighted by atomic mass is 10.1. The molecule has 0 aliphatic carbocycles. The van der Waals surface area contributed by atoms with E-state index in [-0.39, 0.29) is 12.1 Å². The van der Waals surface area contributed by atoms with Crippen LogP contribution in [0.2, 0.25) is 0 Å². The summed E-state index contributed by atoms with van der Waals surface area (Å²) in [6, 6.07) is 13.9. The van der Waals surface area contributed by atoms with Crippen molar-refractivity contribution in [2.24, 2.45) is 0 Å². The second kappa shape index (κ2) is 5.99. The molecule has 0 unspecified atom stereocenters. The fraction of sp³-hybridized carbons (Fsp3) is 0.188. The molecule has 2 aromatic rings. The van der Waals surface area contributed by atoms with Crippen LogP contribution in [0, 0.1) is 0 Å². The summed E-state index contributed by atoms with van der Waals surface area (Å²) in [6.07, 6.45) is -4.54. The number of carbonyl (C=O) groups excluding carboxylic acids is 1. The Morgan fingerprint density at radius 2 is 1.57 bits per heavy atom. The van der Waals surface area contributed by atoms with E-state index < -0.39 is 17.6 Å². The fourth-order valence-electron chi connectivity index (χ4n) is 2.05. The van der Waals surface area contributed by atoms with Gasteiger partial charge in [0.25, 0.3) is 5.91 Å². The third-order valence-corrected chi connectivity index (χ3v) is 3.07. The summed E-state index contributed by atoms with van der Waals surface area (Å²) in [4.78, 5) is 13.5. The van der Waals surface area contributed by atoms with E-state index in [9.17, 15) is 18.0 Å². The van der Waals surface area contributed by atoms with Crippen molar-refractivity contribution in [3.63, 3.8) is 0 Å². The first kappa shape index (κ1) is 15.1. The highest BCUT2D eigenvalue weighted by atomic mass is 19.4. The number of halogens is 3. The maximum absolute atomic E-state index is 12.9. The van der Waals surface area contributed by atoms with E-state index in [1.807, 2.05) is 30.3 Å². The minimum atomic E-state index is -4.54. The number of nitrogens with zero attached hydrogens (tertiary/aromatic N) is 1. The quantitative estimate of drug-likeness (QED) is 0.838. The van der Waals surface area contributed by atoms with Crippen molar-refractivity contribution < 1.29 is 18.0 Å². The smallest absolute Gasteiger partial charge is 0.337 e. The number of carbonyl (C=O) groups is 1. The minimum Gasteiger partial charge on any atom is -0.337 e. The van der Waals surface area contributed by atoms with Gasteiger partial charge in [-0.3, -0.25) is 4.79 Å². The summed E-state index contributed by atoms with van der Waals surface area (Å²) in [7, 11) is 1.49. The van der Waals surface area contributed by atoms with Crippen LogP contribution in [-0.2, 0) is 12.7 Å². The summed E-state index contributed by atoms with van der Waals surface area (Å²) in [5, 5.41) is 0. The minimum absolute atomic E-state index is 0.256. The van der Waals surface area contributed by atoms with Gasteiger partial charge in [0.05, 0.1) is 11.1 Å². The van der Waals surface area contributed by atoms with Crippen LogP contribution in [-0.4, -0.2) is 17.9 Å². The van der Waals surface area contributed by atoms with Crippen LogP contribution in [0.3, 0.4) is 0 Å². The second-order valence-corrected chi connectivity index (χ2v) is 4.69. The standard InChI is InChI=1S/C16H14F3NO/c1-20(11-12-7-3-2-4-8-12)15(21)13-9-5-6-10-14(13)16(17,18)19/h2-10H,11H2,1H3. The van der Waals surface area contributed by atoms with E-state index in [0.29, 0.717) is 0 Å². The summed E-state index contributed by atoms with van der Waals surface area (Å²) >= 11 is 0. The van der Waals surface area contributed by atoms with Gasteiger partial charge in [-0.15, -0.1) is 0 Å². The Hall–Kier alpha value is -2.30. The Morgan fingerprint density at radius 3 is 2.19 bits per heavy atom. The molecule has 2 rings (SSSR count). The fourth-order valence-corrected chi connectivity index (χ4v) is 2.05. The van der Waals surface area contributed by atoms with Crippen LogP contribution in [0.15, 0.2) is 54.6 Å². The number of amides is 1. The molecule has 0 atom stereocenters. The van der Waals surface area contributed by atoms with Crippen LogP contribution in [0.25, 0.3) is 0 Å². The normalized spacial score (nSPS) is 11.2. The maximum Gasteiger partial charge on any atom is 0.417 e. The average molecular weight is 293 g/mol. The number of benzene rings is 2. The molecule has 2 nitrogen and oxygen atoms in total. The van der Waals surface area contributed by atoms with Crippen LogP contribution in [0.5, 0.6) is 0 Å². The van der Waals surface area contributed by atoms with Crippen molar-refractivity contribution >= 4 is 5.91 Å². The molecule has 0 fully saturated rings. The molecule has 0 aliphatic heterocycles. The van der Waals surface area contributed by atoms with Crippen LogP contribution >= 0.6 is 0 Å². The Balaban J connectivity index is 2.24. The largest absolute Gasteiger partial charge is 0.417 e. The number of hydrogen-bond donors (Lipinski definition) is 0. The summed E-state index contributed by atoms with van der Waals surface area (Å²) < 4.78 is 38.8. The first-order valence-electron chi connectivity index (χ1n) is 6.35. The maximum atomic E-state index is 12.9. The monoisotopic (exact) mass is 293 g/mol. The lowest BCUT2D eigenvalue weighted by Crippen LogP contribution is -2.28. The Morgan fingerprint density at radius 1 is 1.00 bits per heavy atom. The van der Waals surface area contributed by atoms with Crippen LogP contribution in [0.1, 0.15) is 21.5 Å². The molecular formula is C16H14F3NO. The molecule has 1 amide bonds. The molecule has 0 saturated heterocycles. The van der Waals surface area contributed by atoms with Gasteiger partial charge in [-0.05, 0) is 17.7 Å². The Labute approximate surface area is 120 Å². The molecule has 0 radical (unpaired) electrons. The van der Waals surface area contributed by atoms with E-state index >= 15 is 0 Å². The molecule has 110 valence electrons. The van der Waals surface area contributed by atoms with Gasteiger partial charge in [0.1, 0.15) is 0 Å². The molecule has 0 aromatic heterocycles. The Kier molecular flexibility index (Phi) is 4.31. The van der Waals surface area contributed by atoms with Gasteiger partial charge in [0.2, 0.25) is 0 Å². The van der Waals surface area contributed by atoms with Gasteiger partial charge >= 0.3 is 6.18 Å². The summed E-state index contributed by atoms with van der Waals surface area (Å²) in [5.74, 6) is -0.647. The molecule has 0 aliphatic rings. The lowest BCUT2D eigenvalue weighted by molar-refractivity contribution is -0.138. The molecule has 21 heavy (non-hydrogen) atoms. The van der Waals surface area contributed by atoms with Crippen LogP contribution < -0.4 is 0 Å². The van der Waals surface area contributed by atoms with Crippen molar-refractivity contribution in [1.82, 2.24) is 4.90 Å². The number of hydrogen-bond acceptors (Lipinski definition) is 1. The van der Waals surface area contributed by atoms with E-state index in [1.54, 1.807) is 0 Å². The van der Waals surface area contributed by atoms with E-state index in [0.717, 1.165) is 11.6 Å². The highest BCUT2D eigenvalue weighted by molar-refractivity contribution is 5.95. The van der Waals surface area contributed by atoms with Crippen molar-refractivity contribution in [1.29, 1.82) is 0 Å². The molecule has 2 aromatic carbocycles. The van der Waals surface area contributed by atoms with Crippen molar-refractivity contribution in [2.45, 2.75) is 12.7 Å². The molecule has 0 heterocycles. The average Bonchev–Trinajstić information content (AvgIpc) is 2.46. The van der Waals surface area contributed by atoms with Gasteiger partial charge < -0.3 is 4.90 Å². The first-order valence-corrected chi connectivity index (χ1v) is 6.35. The number of alkyl halides is 3. The van der Waals surface area contributed by atoms with Crippen molar-refractivity contribution in [2.75, 3.05) is 7.05 Å². The highest BCUT2D eigenvalue weighted by Gasteiger charge is 2.35. The zero-order valence-corrected chi connectivity index (χ0v) is 11.4. The lowest BCUT2D eigenvalue weighted by Gasteiger charge is -2.20. The summed E-state index contributed by atoms with van der Waals surface area (Å²) in [5.41, 5.74) is -0.379. The zero-order valence-electron chi connectivity index (χ0n) is 11.4. The topological polar surface area (TPSA) is 20.3 Å². The predicted molar refractivity (Wildman–Crippen MR) is 73.7 cm³/mol. The van der Waals surface area contributed by atoms with Crippen molar-refractivity contribution in [3.8, 4) is 0 Å². The third kappa shape index (κ3) is 3.62. The Bertz CT molecular complexity index is 623. The molecule has 0 saturated carbocycles. The van der Waals surface area contributed by atoms with Crippen LogP contribution in [0.4, 0.5) is 13.2 Å². The predicted octanol–water partition coefficient (Wildman–Crippen LogP) is 3.98. The van der Waals surface area contributed by atoms with E-state index in [4.69, 9.17) is 0 Å². The van der Waals surface area contributed by atoms with Gasteiger partial charge in [0.15, 0.2) is 0 Å². The summed E-state index contributed by atoms with van der Waals surface area (Å²) in [6.45, 7) is 0.256. The number of rotatable bonds is 3. The molecule has 0 N–H and O–H groups in total. The van der Waals surface area contributed by atoms with Crippen molar-refractivity contribution in [3.05, 3.63) is 71.3 Å². The zero-order chi connectivity index (χ0) is 15.5. The molecule has 0 spiro atoms. The van der Waals surface area contributed by atoms with Gasteiger partial charge in [-0.2, -0.15) is 13.2 Å². The second-order valence-electron chi connectivity index (χ2n) is 4.69. The van der Waals surface area contributed by atoms with Gasteiger partial charge in [-0.25, -0.2) is 0 Å². The van der Waals surface area contributed by atoms with E-state index in [1.165, 1.54) is 30.1 Å². The first-order chi connectivity index (χ1) is 9.89. The molecular weight excluding hydrogens is 279 g/mol. The highest BCUT2D eigenvalue weighted by Crippen LogP contribution is 2.32.